The molecule has 0 unspecified atom stereocenters. The van der Waals surface area contributed by atoms with Gasteiger partial charge in [0, 0.05) is 6.26 Å². The maximum Gasteiger partial charge on any atom is 0.238 e. The first-order valence-electron chi connectivity index (χ1n) is 5.12. The number of anilines is 1. The lowest BCUT2D eigenvalue weighted by molar-refractivity contribution is 0.459. The average Bonchev–Trinajstić information content (AvgIpc) is 2.33. The Morgan fingerprint density at radius 2 is 1.89 bits per heavy atom. The molecule has 0 fully saturated rings. The molecule has 0 spiro atoms. The van der Waals surface area contributed by atoms with E-state index in [0.29, 0.717) is 10.2 Å². The van der Waals surface area contributed by atoms with Crippen molar-refractivity contribution in [2.45, 2.75) is 4.90 Å². The fraction of sp³-hybridized carbons (Fsp3) is 0.0909. The number of nitrogens with zero attached hydrogens (tertiary/aromatic N) is 2. The van der Waals surface area contributed by atoms with E-state index >= 15 is 0 Å². The Morgan fingerprint density at radius 1 is 1.26 bits per heavy atom. The molecule has 0 saturated carbocycles. The molecule has 0 atom stereocenters. The molecule has 0 saturated heterocycles. The van der Waals surface area contributed by atoms with Gasteiger partial charge in [-0.25, -0.2) is 13.4 Å². The number of hydrogen-bond donors (Lipinski definition) is 1. The monoisotopic (exact) mass is 343 g/mol. The first-order valence-corrected chi connectivity index (χ1v) is 7.81. The lowest BCUT2D eigenvalue weighted by Crippen LogP contribution is -1.98. The van der Waals surface area contributed by atoms with Gasteiger partial charge in [0.15, 0.2) is 9.84 Å². The van der Waals surface area contributed by atoms with Gasteiger partial charge >= 0.3 is 0 Å². The van der Waals surface area contributed by atoms with Crippen molar-refractivity contribution in [1.29, 1.82) is 0 Å². The number of halogens is 1. The Bertz CT molecular complexity index is 702. The van der Waals surface area contributed by atoms with Crippen LogP contribution in [0.1, 0.15) is 0 Å². The van der Waals surface area contributed by atoms with Gasteiger partial charge in [0.05, 0.1) is 15.6 Å². The highest BCUT2D eigenvalue weighted by Gasteiger charge is 2.09. The maximum absolute atomic E-state index is 11.3. The molecule has 8 heteroatoms. The summed E-state index contributed by atoms with van der Waals surface area (Å²) in [5.74, 6) is 0.803. The van der Waals surface area contributed by atoms with E-state index in [1.54, 1.807) is 12.1 Å². The lowest BCUT2D eigenvalue weighted by Gasteiger charge is -2.07. The minimum absolute atomic E-state index is 0.0888. The van der Waals surface area contributed by atoms with Crippen molar-refractivity contribution in [3.05, 3.63) is 34.9 Å². The summed E-state index contributed by atoms with van der Waals surface area (Å²) in [5, 5.41) is 0. The number of sulfone groups is 1. The highest BCUT2D eigenvalue weighted by molar-refractivity contribution is 9.10. The van der Waals surface area contributed by atoms with Crippen LogP contribution < -0.4 is 10.5 Å². The first kappa shape index (κ1) is 13.8. The molecule has 0 aliphatic heterocycles. The van der Waals surface area contributed by atoms with Crippen molar-refractivity contribution in [3.63, 3.8) is 0 Å². The van der Waals surface area contributed by atoms with Gasteiger partial charge < -0.3 is 10.5 Å². The van der Waals surface area contributed by atoms with Crippen LogP contribution >= 0.6 is 15.9 Å². The van der Waals surface area contributed by atoms with Crippen molar-refractivity contribution in [3.8, 4) is 11.6 Å². The smallest absolute Gasteiger partial charge is 0.238 e. The fourth-order valence-electron chi connectivity index (χ4n) is 1.30. The summed E-state index contributed by atoms with van der Waals surface area (Å²) in [6.07, 6.45) is 2.62. The molecule has 1 aromatic carbocycles. The molecule has 100 valence electrons. The molecule has 0 radical (unpaired) electrons. The molecule has 2 rings (SSSR count). The summed E-state index contributed by atoms with van der Waals surface area (Å²) in [5.41, 5.74) is 5.46. The average molecular weight is 344 g/mol. The zero-order chi connectivity index (χ0) is 14.0. The van der Waals surface area contributed by atoms with Crippen molar-refractivity contribution in [1.82, 2.24) is 9.97 Å². The molecular weight excluding hydrogens is 334 g/mol. The highest BCUT2D eigenvalue weighted by Crippen LogP contribution is 2.27. The van der Waals surface area contributed by atoms with E-state index in [1.807, 2.05) is 0 Å². The summed E-state index contributed by atoms with van der Waals surface area (Å²) in [4.78, 5) is 7.93. The van der Waals surface area contributed by atoms with E-state index in [0.717, 1.165) is 6.26 Å². The number of nitrogen functional groups attached to an aromatic ring is 1. The van der Waals surface area contributed by atoms with Crippen molar-refractivity contribution < 1.29 is 13.2 Å². The van der Waals surface area contributed by atoms with E-state index in [-0.39, 0.29) is 16.7 Å². The second-order valence-corrected chi connectivity index (χ2v) is 6.60. The van der Waals surface area contributed by atoms with Gasteiger partial charge in [0.25, 0.3) is 0 Å². The number of benzene rings is 1. The molecule has 0 aliphatic carbocycles. The normalized spacial score (nSPS) is 11.3. The van der Waals surface area contributed by atoms with Crippen LogP contribution in [0.2, 0.25) is 0 Å². The van der Waals surface area contributed by atoms with Crippen molar-refractivity contribution >= 4 is 31.7 Å². The molecular formula is C11H10BrN3O3S. The largest absolute Gasteiger partial charge is 0.438 e. The molecule has 6 nitrogen and oxygen atoms in total. The third kappa shape index (κ3) is 3.42. The molecule has 19 heavy (non-hydrogen) atoms. The molecule has 0 amide bonds. The minimum atomic E-state index is -3.22. The summed E-state index contributed by atoms with van der Waals surface area (Å²) in [7, 11) is -3.22. The lowest BCUT2D eigenvalue weighted by atomic mass is 10.3. The van der Waals surface area contributed by atoms with Gasteiger partial charge in [-0.05, 0) is 40.2 Å². The maximum atomic E-state index is 11.3. The molecule has 2 aromatic rings. The molecule has 2 N–H and O–H groups in total. The standard InChI is InChI=1S/C11H10BrN3O3S/c1-19(16,17)8-4-2-7(3-5-8)18-10-9(12)6-14-11(13)15-10/h2-6H,1H3,(H2,13,14,15). The fourth-order valence-corrected chi connectivity index (χ4v) is 2.20. The van der Waals surface area contributed by atoms with Gasteiger partial charge in [-0.2, -0.15) is 4.98 Å². The van der Waals surface area contributed by atoms with Crippen molar-refractivity contribution in [2.24, 2.45) is 0 Å². The Kier molecular flexibility index (Phi) is 3.72. The Balaban J connectivity index is 2.27. The third-order valence-corrected chi connectivity index (χ3v) is 3.87. The van der Waals surface area contributed by atoms with Crippen LogP contribution in [0.3, 0.4) is 0 Å². The van der Waals surface area contributed by atoms with Crippen LogP contribution in [-0.4, -0.2) is 24.6 Å². The summed E-state index contributed by atoms with van der Waals surface area (Å²) in [6, 6.07) is 6.01. The molecule has 0 aliphatic rings. The van der Waals surface area contributed by atoms with Gasteiger partial charge in [-0.15, -0.1) is 0 Å². The van der Waals surface area contributed by atoms with E-state index in [4.69, 9.17) is 10.5 Å². The van der Waals surface area contributed by atoms with Gasteiger partial charge in [0.2, 0.25) is 11.8 Å². The molecule has 0 bridgehead atoms. The SMILES string of the molecule is CS(=O)(=O)c1ccc(Oc2nc(N)ncc2Br)cc1. The summed E-state index contributed by atoms with van der Waals surface area (Å²) < 4.78 is 28.7. The summed E-state index contributed by atoms with van der Waals surface area (Å²) in [6.45, 7) is 0. The van der Waals surface area contributed by atoms with Crippen LogP contribution in [0, 0.1) is 0 Å². The number of aromatic nitrogens is 2. The Labute approximate surface area is 118 Å². The second-order valence-electron chi connectivity index (χ2n) is 3.73. The van der Waals surface area contributed by atoms with Gasteiger partial charge in [0.1, 0.15) is 5.75 Å². The minimum Gasteiger partial charge on any atom is -0.438 e. The molecule has 1 aromatic heterocycles. The second kappa shape index (κ2) is 5.14. The van der Waals surface area contributed by atoms with Crippen LogP contribution in [0.15, 0.2) is 39.8 Å². The van der Waals surface area contributed by atoms with E-state index in [2.05, 4.69) is 25.9 Å². The predicted molar refractivity (Wildman–Crippen MR) is 73.8 cm³/mol. The number of hydrogen-bond acceptors (Lipinski definition) is 6. The van der Waals surface area contributed by atoms with E-state index < -0.39 is 9.84 Å². The zero-order valence-corrected chi connectivity index (χ0v) is 12.3. The highest BCUT2D eigenvalue weighted by atomic mass is 79.9. The van der Waals surface area contributed by atoms with Gasteiger partial charge in [-0.3, -0.25) is 0 Å². The Hall–Kier alpha value is -1.67. The Morgan fingerprint density at radius 3 is 2.47 bits per heavy atom. The first-order chi connectivity index (χ1) is 8.86. The summed E-state index contributed by atoms with van der Waals surface area (Å²) >= 11 is 3.23. The predicted octanol–water partition coefficient (Wildman–Crippen LogP) is 2.02. The van der Waals surface area contributed by atoms with E-state index in [1.165, 1.54) is 18.3 Å². The quantitative estimate of drug-likeness (QED) is 0.915. The number of nitrogens with two attached hydrogens (primary N) is 1. The number of ether oxygens (including phenoxy) is 1. The number of rotatable bonds is 3. The van der Waals surface area contributed by atoms with E-state index in [9.17, 15) is 8.42 Å². The molecule has 1 heterocycles. The topological polar surface area (TPSA) is 95.2 Å². The van der Waals surface area contributed by atoms with Crippen LogP contribution in [0.4, 0.5) is 5.95 Å². The van der Waals surface area contributed by atoms with Crippen LogP contribution in [-0.2, 0) is 9.84 Å². The van der Waals surface area contributed by atoms with Crippen LogP contribution in [0.25, 0.3) is 0 Å². The zero-order valence-electron chi connectivity index (χ0n) is 9.87. The third-order valence-electron chi connectivity index (χ3n) is 2.20. The van der Waals surface area contributed by atoms with Crippen molar-refractivity contribution in [2.75, 3.05) is 12.0 Å². The van der Waals surface area contributed by atoms with Gasteiger partial charge in [-0.1, -0.05) is 0 Å². The van der Waals surface area contributed by atoms with Crippen LogP contribution in [0.5, 0.6) is 11.6 Å².